The second-order valence-electron chi connectivity index (χ2n) is 5.19. The Labute approximate surface area is 119 Å². The summed E-state index contributed by atoms with van der Waals surface area (Å²) in [6.07, 6.45) is -1.62. The molecule has 0 spiro atoms. The van der Waals surface area contributed by atoms with Crippen LogP contribution < -0.4 is 4.74 Å². The molecule has 21 heavy (non-hydrogen) atoms. The van der Waals surface area contributed by atoms with E-state index in [9.17, 15) is 18.3 Å². The Bertz CT molecular complexity index is 700. The van der Waals surface area contributed by atoms with Gasteiger partial charge in [-0.2, -0.15) is 0 Å². The Kier molecular flexibility index (Phi) is 3.37. The molecular formula is C16H13F3O2. The van der Waals surface area contributed by atoms with Crippen molar-refractivity contribution in [3.8, 4) is 5.75 Å². The molecule has 0 aromatic heterocycles. The Morgan fingerprint density at radius 3 is 2.48 bits per heavy atom. The van der Waals surface area contributed by atoms with E-state index in [2.05, 4.69) is 0 Å². The van der Waals surface area contributed by atoms with Gasteiger partial charge in [0.25, 0.3) is 0 Å². The fourth-order valence-corrected chi connectivity index (χ4v) is 2.54. The lowest BCUT2D eigenvalue weighted by atomic mass is 9.93. The molecule has 1 heterocycles. The predicted octanol–water partition coefficient (Wildman–Crippen LogP) is 3.97. The third-order valence-corrected chi connectivity index (χ3v) is 3.62. The van der Waals surface area contributed by atoms with Gasteiger partial charge in [-0.15, -0.1) is 0 Å². The lowest BCUT2D eigenvalue weighted by Gasteiger charge is -2.30. The number of halogens is 3. The predicted molar refractivity (Wildman–Crippen MR) is 70.4 cm³/mol. The molecule has 0 fully saturated rings. The first-order chi connectivity index (χ1) is 9.95. The Hall–Kier alpha value is -2.01. The third kappa shape index (κ3) is 2.49. The van der Waals surface area contributed by atoms with E-state index < -0.39 is 29.7 Å². The van der Waals surface area contributed by atoms with E-state index in [0.29, 0.717) is 17.4 Å². The van der Waals surface area contributed by atoms with E-state index in [0.717, 1.165) is 11.6 Å². The van der Waals surface area contributed by atoms with Crippen molar-refractivity contribution in [1.29, 1.82) is 0 Å². The number of aliphatic hydroxyl groups excluding tert-OH is 1. The first-order valence-electron chi connectivity index (χ1n) is 6.55. The minimum Gasteiger partial charge on any atom is -0.485 e. The third-order valence-electron chi connectivity index (χ3n) is 3.62. The smallest absolute Gasteiger partial charge is 0.161 e. The van der Waals surface area contributed by atoms with Gasteiger partial charge >= 0.3 is 0 Å². The van der Waals surface area contributed by atoms with E-state index in [1.807, 2.05) is 6.92 Å². The molecule has 3 rings (SSSR count). The summed E-state index contributed by atoms with van der Waals surface area (Å²) in [6, 6.07) is 6.54. The molecule has 0 saturated heterocycles. The summed E-state index contributed by atoms with van der Waals surface area (Å²) in [4.78, 5) is 0. The highest BCUT2D eigenvalue weighted by molar-refractivity contribution is 5.41. The molecule has 0 radical (unpaired) electrons. The number of hydrogen-bond donors (Lipinski definition) is 1. The van der Waals surface area contributed by atoms with Crippen molar-refractivity contribution in [2.45, 2.75) is 25.6 Å². The largest absolute Gasteiger partial charge is 0.485 e. The maximum Gasteiger partial charge on any atom is 0.161 e. The molecule has 1 N–H and O–H groups in total. The maximum absolute atomic E-state index is 13.8. The highest BCUT2D eigenvalue weighted by Crippen LogP contribution is 2.41. The van der Waals surface area contributed by atoms with Gasteiger partial charge in [-0.1, -0.05) is 11.6 Å². The summed E-state index contributed by atoms with van der Waals surface area (Å²) in [5.74, 6) is -2.85. The van der Waals surface area contributed by atoms with Gasteiger partial charge in [0.2, 0.25) is 0 Å². The zero-order valence-corrected chi connectivity index (χ0v) is 11.2. The van der Waals surface area contributed by atoms with Crippen LogP contribution in [0.15, 0.2) is 30.3 Å². The van der Waals surface area contributed by atoms with Crippen LogP contribution >= 0.6 is 0 Å². The van der Waals surface area contributed by atoms with E-state index in [-0.39, 0.29) is 12.0 Å². The van der Waals surface area contributed by atoms with Crippen molar-refractivity contribution in [2.75, 3.05) is 0 Å². The highest BCUT2D eigenvalue weighted by atomic mass is 19.2. The van der Waals surface area contributed by atoms with Crippen molar-refractivity contribution in [1.82, 2.24) is 0 Å². The van der Waals surface area contributed by atoms with E-state index >= 15 is 0 Å². The van der Waals surface area contributed by atoms with E-state index in [1.165, 1.54) is 0 Å². The molecule has 0 amide bonds. The van der Waals surface area contributed by atoms with Crippen LogP contribution in [0.1, 0.15) is 35.3 Å². The number of hydrogen-bond acceptors (Lipinski definition) is 2. The van der Waals surface area contributed by atoms with Crippen LogP contribution in [0.3, 0.4) is 0 Å². The molecule has 5 heteroatoms. The van der Waals surface area contributed by atoms with Crippen molar-refractivity contribution in [3.05, 3.63) is 64.5 Å². The number of aryl methyl sites for hydroxylation is 1. The van der Waals surface area contributed by atoms with Gasteiger partial charge in [0.05, 0.1) is 6.10 Å². The van der Waals surface area contributed by atoms with Gasteiger partial charge in [-0.25, -0.2) is 13.2 Å². The number of benzene rings is 2. The van der Waals surface area contributed by atoms with Gasteiger partial charge in [0.15, 0.2) is 11.6 Å². The molecule has 0 bridgehead atoms. The molecule has 2 aromatic rings. The van der Waals surface area contributed by atoms with Gasteiger partial charge in [-0.3, -0.25) is 0 Å². The fourth-order valence-electron chi connectivity index (χ4n) is 2.54. The zero-order chi connectivity index (χ0) is 15.1. The topological polar surface area (TPSA) is 29.5 Å². The summed E-state index contributed by atoms with van der Waals surface area (Å²) in [5, 5.41) is 10.2. The second-order valence-corrected chi connectivity index (χ2v) is 5.19. The van der Waals surface area contributed by atoms with Gasteiger partial charge in [-0.05, 0) is 25.1 Å². The van der Waals surface area contributed by atoms with Crippen LogP contribution in [0.25, 0.3) is 0 Å². The molecule has 2 aromatic carbocycles. The Morgan fingerprint density at radius 2 is 1.71 bits per heavy atom. The van der Waals surface area contributed by atoms with E-state index in [4.69, 9.17) is 4.74 Å². The Morgan fingerprint density at radius 1 is 1.00 bits per heavy atom. The lowest BCUT2D eigenvalue weighted by Crippen LogP contribution is -2.20. The fraction of sp³-hybridized carbons (Fsp3) is 0.250. The number of aliphatic hydroxyl groups is 1. The summed E-state index contributed by atoms with van der Waals surface area (Å²) >= 11 is 0. The minimum absolute atomic E-state index is 0.0818. The normalized spacial score (nSPS) is 20.8. The first-order valence-corrected chi connectivity index (χ1v) is 6.55. The van der Waals surface area contributed by atoms with Gasteiger partial charge in [0.1, 0.15) is 17.7 Å². The average Bonchev–Trinajstić information content (AvgIpc) is 2.43. The molecular weight excluding hydrogens is 281 g/mol. The summed E-state index contributed by atoms with van der Waals surface area (Å²) < 4.78 is 45.7. The average molecular weight is 294 g/mol. The van der Waals surface area contributed by atoms with Crippen LogP contribution in [0.4, 0.5) is 13.2 Å². The number of ether oxygens (including phenoxy) is 1. The van der Waals surface area contributed by atoms with Crippen LogP contribution in [0, 0.1) is 24.4 Å². The highest BCUT2D eigenvalue weighted by Gasteiger charge is 2.30. The summed E-state index contributed by atoms with van der Waals surface area (Å²) in [6.45, 7) is 1.88. The van der Waals surface area contributed by atoms with Crippen molar-refractivity contribution in [2.24, 2.45) is 0 Å². The number of fused-ring (bicyclic) bond motifs is 1. The van der Waals surface area contributed by atoms with Crippen molar-refractivity contribution >= 4 is 0 Å². The van der Waals surface area contributed by atoms with Crippen LogP contribution in [-0.4, -0.2) is 5.11 Å². The molecule has 1 unspecified atom stereocenters. The van der Waals surface area contributed by atoms with Crippen molar-refractivity contribution in [3.63, 3.8) is 0 Å². The molecule has 2 nitrogen and oxygen atoms in total. The van der Waals surface area contributed by atoms with Crippen LogP contribution in [-0.2, 0) is 0 Å². The molecule has 0 saturated carbocycles. The summed E-state index contributed by atoms with van der Waals surface area (Å²) in [7, 11) is 0. The van der Waals surface area contributed by atoms with E-state index in [1.54, 1.807) is 18.2 Å². The molecule has 1 aliphatic rings. The second kappa shape index (κ2) is 5.07. The molecule has 2 atom stereocenters. The zero-order valence-electron chi connectivity index (χ0n) is 11.2. The summed E-state index contributed by atoms with van der Waals surface area (Å²) in [5.41, 5.74) is 1.49. The lowest BCUT2D eigenvalue weighted by molar-refractivity contribution is 0.0637. The monoisotopic (exact) mass is 294 g/mol. The first kappa shape index (κ1) is 13.9. The van der Waals surface area contributed by atoms with Crippen molar-refractivity contribution < 1.29 is 23.0 Å². The van der Waals surface area contributed by atoms with Crippen LogP contribution in [0.5, 0.6) is 5.75 Å². The molecule has 0 aliphatic carbocycles. The molecule has 110 valence electrons. The minimum atomic E-state index is -1.25. The SMILES string of the molecule is Cc1ccc2c(c1)[C@H](O)CC(c1cc(F)c(F)cc1F)O2. The van der Waals surface area contributed by atoms with Gasteiger partial charge < -0.3 is 9.84 Å². The number of rotatable bonds is 1. The Balaban J connectivity index is 1.99. The maximum atomic E-state index is 13.8. The standard InChI is InChI=1S/C16H13F3O2/c1-8-2-3-15-10(4-8)14(20)7-16(21-15)9-5-12(18)13(19)6-11(9)17/h2-6,14,16,20H,7H2,1H3/t14-,16?/m1/s1. The molecule has 1 aliphatic heterocycles. The van der Waals surface area contributed by atoms with Crippen LogP contribution in [0.2, 0.25) is 0 Å². The quantitative estimate of drug-likeness (QED) is 0.806. The van der Waals surface area contributed by atoms with Gasteiger partial charge in [0, 0.05) is 23.6 Å².